The van der Waals surface area contributed by atoms with Gasteiger partial charge in [0.05, 0.1) is 18.4 Å². The first-order chi connectivity index (χ1) is 13.0. The van der Waals surface area contributed by atoms with Crippen molar-refractivity contribution < 1.29 is 24.2 Å². The Morgan fingerprint density at radius 3 is 2.41 bits per heavy atom. The second kappa shape index (κ2) is 7.86. The van der Waals surface area contributed by atoms with Crippen LogP contribution in [0.15, 0.2) is 36.5 Å². The molecule has 140 valence electrons. The van der Waals surface area contributed by atoms with Gasteiger partial charge in [0.1, 0.15) is 11.4 Å². The van der Waals surface area contributed by atoms with Gasteiger partial charge in [-0.3, -0.25) is 9.59 Å². The molecular formula is C19H19N3O5. The average Bonchev–Trinajstić information content (AvgIpc) is 3.22. The van der Waals surface area contributed by atoms with Gasteiger partial charge in [-0.2, -0.15) is 0 Å². The van der Waals surface area contributed by atoms with E-state index in [1.807, 2.05) is 0 Å². The minimum atomic E-state index is -1.17. The van der Waals surface area contributed by atoms with E-state index >= 15 is 0 Å². The predicted octanol–water partition coefficient (Wildman–Crippen LogP) is 2.28. The molecule has 8 nitrogen and oxygen atoms in total. The van der Waals surface area contributed by atoms with Gasteiger partial charge < -0.3 is 20.1 Å². The Kier molecular flexibility index (Phi) is 5.35. The number of methoxy groups -OCH3 is 1. The zero-order chi connectivity index (χ0) is 19.4. The van der Waals surface area contributed by atoms with Crippen LogP contribution in [0.3, 0.4) is 0 Å². The van der Waals surface area contributed by atoms with E-state index < -0.39 is 11.9 Å². The molecule has 0 bridgehead atoms. The van der Waals surface area contributed by atoms with E-state index in [0.29, 0.717) is 17.0 Å². The number of carbonyl (C=O) groups excluding carboxylic acids is 2. The SMILES string of the molecule is COc1ccc(C(=O)N2CCCC2)cc1NC(=O)c1ccc(C(=O)O)nc1. The molecule has 1 aliphatic rings. The highest BCUT2D eigenvalue weighted by atomic mass is 16.5. The number of carboxylic acid groups (broad SMARTS) is 1. The fraction of sp³-hybridized carbons (Fsp3) is 0.263. The highest BCUT2D eigenvalue weighted by Gasteiger charge is 2.21. The van der Waals surface area contributed by atoms with Crippen LogP contribution in [-0.4, -0.2) is 53.0 Å². The van der Waals surface area contributed by atoms with Crippen molar-refractivity contribution in [2.24, 2.45) is 0 Å². The van der Waals surface area contributed by atoms with Gasteiger partial charge in [-0.25, -0.2) is 9.78 Å². The first-order valence-electron chi connectivity index (χ1n) is 8.47. The van der Waals surface area contributed by atoms with E-state index in [-0.39, 0.29) is 17.2 Å². The summed E-state index contributed by atoms with van der Waals surface area (Å²) in [7, 11) is 1.47. The van der Waals surface area contributed by atoms with Crippen LogP contribution in [-0.2, 0) is 0 Å². The molecule has 27 heavy (non-hydrogen) atoms. The molecule has 3 rings (SSSR count). The quantitative estimate of drug-likeness (QED) is 0.837. The number of hydrogen-bond acceptors (Lipinski definition) is 5. The molecule has 1 fully saturated rings. The molecule has 2 amide bonds. The second-order valence-corrected chi connectivity index (χ2v) is 6.11. The normalized spacial score (nSPS) is 13.3. The summed E-state index contributed by atoms with van der Waals surface area (Å²) in [4.78, 5) is 41.4. The van der Waals surface area contributed by atoms with Crippen LogP contribution in [0.2, 0.25) is 0 Å². The molecular weight excluding hydrogens is 350 g/mol. The molecule has 2 N–H and O–H groups in total. The molecule has 0 spiro atoms. The molecule has 0 saturated carbocycles. The highest BCUT2D eigenvalue weighted by molar-refractivity contribution is 6.06. The largest absolute Gasteiger partial charge is 0.495 e. The van der Waals surface area contributed by atoms with Crippen molar-refractivity contribution in [1.82, 2.24) is 9.88 Å². The summed E-state index contributed by atoms with van der Waals surface area (Å²) in [6, 6.07) is 7.50. The number of hydrogen-bond donors (Lipinski definition) is 2. The number of aromatic nitrogens is 1. The maximum atomic E-state index is 12.6. The summed E-state index contributed by atoms with van der Waals surface area (Å²) in [5.74, 6) is -1.32. The molecule has 1 saturated heterocycles. The maximum Gasteiger partial charge on any atom is 0.354 e. The number of anilines is 1. The Balaban J connectivity index is 1.81. The number of amides is 2. The van der Waals surface area contributed by atoms with Crippen molar-refractivity contribution in [3.05, 3.63) is 53.3 Å². The number of ether oxygens (including phenoxy) is 1. The van der Waals surface area contributed by atoms with E-state index in [1.165, 1.54) is 25.4 Å². The van der Waals surface area contributed by atoms with Gasteiger partial charge in [-0.05, 0) is 43.2 Å². The monoisotopic (exact) mass is 369 g/mol. The fourth-order valence-corrected chi connectivity index (χ4v) is 2.89. The number of aromatic carboxylic acids is 1. The third-order valence-corrected chi connectivity index (χ3v) is 4.33. The van der Waals surface area contributed by atoms with Crippen LogP contribution < -0.4 is 10.1 Å². The fourth-order valence-electron chi connectivity index (χ4n) is 2.89. The average molecular weight is 369 g/mol. The molecule has 0 unspecified atom stereocenters. The maximum absolute atomic E-state index is 12.6. The zero-order valence-corrected chi connectivity index (χ0v) is 14.8. The van der Waals surface area contributed by atoms with Crippen LogP contribution in [0.4, 0.5) is 5.69 Å². The number of nitrogens with one attached hydrogen (secondary N) is 1. The minimum absolute atomic E-state index is 0.0851. The van der Waals surface area contributed by atoms with Gasteiger partial charge >= 0.3 is 5.97 Å². The summed E-state index contributed by atoms with van der Waals surface area (Å²) in [6.45, 7) is 1.46. The Morgan fingerprint density at radius 1 is 1.11 bits per heavy atom. The standard InChI is InChI=1S/C19H19N3O5/c1-27-16-7-5-12(18(24)22-8-2-3-9-22)10-15(16)21-17(23)13-4-6-14(19(25)26)20-11-13/h4-7,10-11H,2-3,8-9H2,1H3,(H,21,23)(H,25,26). The second-order valence-electron chi connectivity index (χ2n) is 6.11. The van der Waals surface area contributed by atoms with Crippen molar-refractivity contribution >= 4 is 23.5 Å². The van der Waals surface area contributed by atoms with Crippen molar-refractivity contribution in [2.45, 2.75) is 12.8 Å². The minimum Gasteiger partial charge on any atom is -0.495 e. The Bertz CT molecular complexity index is 873. The van der Waals surface area contributed by atoms with Crippen LogP contribution in [0.25, 0.3) is 0 Å². The lowest BCUT2D eigenvalue weighted by Gasteiger charge is -2.17. The molecule has 1 aliphatic heterocycles. The zero-order valence-electron chi connectivity index (χ0n) is 14.8. The molecule has 1 aromatic carbocycles. The van der Waals surface area contributed by atoms with Gasteiger partial charge in [-0.1, -0.05) is 0 Å². The Labute approximate surface area is 155 Å². The number of likely N-dealkylation sites (tertiary alicyclic amines) is 1. The van der Waals surface area contributed by atoms with E-state index in [9.17, 15) is 14.4 Å². The van der Waals surface area contributed by atoms with E-state index in [2.05, 4.69) is 10.3 Å². The van der Waals surface area contributed by atoms with Crippen molar-refractivity contribution in [1.29, 1.82) is 0 Å². The molecule has 0 aliphatic carbocycles. The van der Waals surface area contributed by atoms with Gasteiger partial charge in [0.25, 0.3) is 11.8 Å². The lowest BCUT2D eigenvalue weighted by Crippen LogP contribution is -2.27. The van der Waals surface area contributed by atoms with E-state index in [0.717, 1.165) is 25.9 Å². The molecule has 2 aromatic rings. The molecule has 0 radical (unpaired) electrons. The summed E-state index contributed by atoms with van der Waals surface area (Å²) >= 11 is 0. The van der Waals surface area contributed by atoms with Crippen LogP contribution >= 0.6 is 0 Å². The van der Waals surface area contributed by atoms with Crippen molar-refractivity contribution in [3.63, 3.8) is 0 Å². The Hall–Kier alpha value is -3.42. The summed E-state index contributed by atoms with van der Waals surface area (Å²) < 4.78 is 5.26. The first-order valence-corrected chi connectivity index (χ1v) is 8.47. The first kappa shape index (κ1) is 18.4. The van der Waals surface area contributed by atoms with E-state index in [4.69, 9.17) is 9.84 Å². The summed E-state index contributed by atoms with van der Waals surface area (Å²) in [5, 5.41) is 11.6. The van der Waals surface area contributed by atoms with Crippen LogP contribution in [0.1, 0.15) is 44.0 Å². The molecule has 2 heterocycles. The highest BCUT2D eigenvalue weighted by Crippen LogP contribution is 2.27. The van der Waals surface area contributed by atoms with Crippen molar-refractivity contribution in [3.8, 4) is 5.75 Å². The lowest BCUT2D eigenvalue weighted by molar-refractivity contribution is 0.0689. The van der Waals surface area contributed by atoms with Gasteiger partial charge in [0.2, 0.25) is 0 Å². The molecule has 0 atom stereocenters. The van der Waals surface area contributed by atoms with Gasteiger partial charge in [-0.15, -0.1) is 0 Å². The number of benzene rings is 1. The third-order valence-electron chi connectivity index (χ3n) is 4.33. The topological polar surface area (TPSA) is 109 Å². The number of nitrogens with zero attached hydrogens (tertiary/aromatic N) is 2. The van der Waals surface area contributed by atoms with Gasteiger partial charge in [0, 0.05) is 24.8 Å². The van der Waals surface area contributed by atoms with Gasteiger partial charge in [0.15, 0.2) is 0 Å². The van der Waals surface area contributed by atoms with Crippen molar-refractivity contribution in [2.75, 3.05) is 25.5 Å². The number of rotatable bonds is 5. The summed E-state index contributed by atoms with van der Waals surface area (Å²) in [6.07, 6.45) is 3.17. The smallest absolute Gasteiger partial charge is 0.354 e. The summed E-state index contributed by atoms with van der Waals surface area (Å²) in [5.41, 5.74) is 0.864. The predicted molar refractivity (Wildman–Crippen MR) is 97.3 cm³/mol. The number of carboxylic acids is 1. The van der Waals surface area contributed by atoms with Crippen LogP contribution in [0.5, 0.6) is 5.75 Å². The Morgan fingerprint density at radius 2 is 1.81 bits per heavy atom. The third kappa shape index (κ3) is 4.05. The number of pyridine rings is 1. The molecule has 1 aromatic heterocycles. The molecule has 8 heteroatoms. The van der Waals surface area contributed by atoms with E-state index in [1.54, 1.807) is 23.1 Å². The van der Waals surface area contributed by atoms with Crippen LogP contribution in [0, 0.1) is 0 Å². The number of carbonyl (C=O) groups is 3. The lowest BCUT2D eigenvalue weighted by atomic mass is 10.1.